The van der Waals surface area contributed by atoms with Crippen LogP contribution in [0.5, 0.6) is 5.75 Å². The average Bonchev–Trinajstić information content (AvgIpc) is 2.18. The highest BCUT2D eigenvalue weighted by Crippen LogP contribution is 2.20. The zero-order valence-corrected chi connectivity index (χ0v) is 7.87. The van der Waals surface area contributed by atoms with E-state index >= 15 is 0 Å². The first kappa shape index (κ1) is 10.1. The number of benzene rings is 1. The Hall–Kier alpha value is -1.95. The summed E-state index contributed by atoms with van der Waals surface area (Å²) in [5, 5.41) is 12.0. The Bertz CT molecular complexity index is 391. The molecule has 0 aromatic heterocycles. The second kappa shape index (κ2) is 4.33. The molecule has 0 radical (unpaired) electrons. The number of aromatic hydroxyl groups is 1. The van der Waals surface area contributed by atoms with Gasteiger partial charge in [0.25, 0.3) is 5.91 Å². The standard InChI is InChI=1S/C11H11NO2/c1-3-7-12-11(14)9-6-4-5-8(2)10(9)13/h1,4-6,13H,7H2,2H3,(H,12,14). The van der Waals surface area contributed by atoms with Gasteiger partial charge in [0.2, 0.25) is 0 Å². The molecule has 0 aliphatic rings. The van der Waals surface area contributed by atoms with E-state index in [9.17, 15) is 9.90 Å². The lowest BCUT2D eigenvalue weighted by atomic mass is 10.1. The second-order valence-corrected chi connectivity index (χ2v) is 2.86. The van der Waals surface area contributed by atoms with E-state index in [0.717, 1.165) is 0 Å². The van der Waals surface area contributed by atoms with Gasteiger partial charge in [-0.15, -0.1) is 6.42 Å². The van der Waals surface area contributed by atoms with Gasteiger partial charge in [-0.3, -0.25) is 4.79 Å². The lowest BCUT2D eigenvalue weighted by molar-refractivity contribution is 0.0956. The van der Waals surface area contributed by atoms with Crippen molar-refractivity contribution in [2.45, 2.75) is 6.92 Å². The molecule has 0 unspecified atom stereocenters. The van der Waals surface area contributed by atoms with E-state index in [2.05, 4.69) is 11.2 Å². The van der Waals surface area contributed by atoms with E-state index in [1.165, 1.54) is 0 Å². The third-order valence-corrected chi connectivity index (χ3v) is 1.83. The van der Waals surface area contributed by atoms with Gasteiger partial charge in [0, 0.05) is 0 Å². The molecular weight excluding hydrogens is 178 g/mol. The van der Waals surface area contributed by atoms with Gasteiger partial charge in [-0.25, -0.2) is 0 Å². The average molecular weight is 189 g/mol. The summed E-state index contributed by atoms with van der Waals surface area (Å²) in [5.41, 5.74) is 0.915. The van der Waals surface area contributed by atoms with Gasteiger partial charge in [0.05, 0.1) is 12.1 Å². The number of phenolic OH excluding ortho intramolecular Hbond substituents is 1. The molecule has 0 aliphatic carbocycles. The molecule has 72 valence electrons. The Labute approximate surface area is 82.8 Å². The first-order valence-corrected chi connectivity index (χ1v) is 4.17. The minimum Gasteiger partial charge on any atom is -0.507 e. The summed E-state index contributed by atoms with van der Waals surface area (Å²) in [6.45, 7) is 1.89. The van der Waals surface area contributed by atoms with Crippen LogP contribution in [0.25, 0.3) is 0 Å². The van der Waals surface area contributed by atoms with E-state index in [1.807, 2.05) is 0 Å². The fourth-order valence-corrected chi connectivity index (χ4v) is 1.07. The maximum atomic E-state index is 11.4. The SMILES string of the molecule is C#CCNC(=O)c1cccc(C)c1O. The van der Waals surface area contributed by atoms with Gasteiger partial charge in [-0.05, 0) is 18.6 Å². The van der Waals surface area contributed by atoms with Crippen molar-refractivity contribution in [2.24, 2.45) is 0 Å². The van der Waals surface area contributed by atoms with Crippen molar-refractivity contribution in [3.05, 3.63) is 29.3 Å². The van der Waals surface area contributed by atoms with Crippen LogP contribution in [-0.4, -0.2) is 17.6 Å². The smallest absolute Gasteiger partial charge is 0.255 e. The molecule has 0 bridgehead atoms. The molecule has 0 saturated carbocycles. The van der Waals surface area contributed by atoms with Crippen LogP contribution in [0, 0.1) is 19.3 Å². The molecular formula is C11H11NO2. The molecule has 3 nitrogen and oxygen atoms in total. The van der Waals surface area contributed by atoms with Crippen LogP contribution in [0.3, 0.4) is 0 Å². The number of terminal acetylenes is 1. The molecule has 3 heteroatoms. The zero-order valence-electron chi connectivity index (χ0n) is 7.87. The monoisotopic (exact) mass is 189 g/mol. The third kappa shape index (κ3) is 2.05. The number of aryl methyl sites for hydroxylation is 1. The first-order chi connectivity index (χ1) is 6.66. The molecule has 14 heavy (non-hydrogen) atoms. The molecule has 2 N–H and O–H groups in total. The third-order valence-electron chi connectivity index (χ3n) is 1.83. The van der Waals surface area contributed by atoms with Crippen molar-refractivity contribution in [3.63, 3.8) is 0 Å². The molecule has 0 heterocycles. The van der Waals surface area contributed by atoms with Crippen LogP contribution in [0.2, 0.25) is 0 Å². The number of hydrogen-bond acceptors (Lipinski definition) is 2. The summed E-state index contributed by atoms with van der Waals surface area (Å²) in [6, 6.07) is 4.99. The van der Waals surface area contributed by atoms with Crippen molar-refractivity contribution in [1.29, 1.82) is 0 Å². The number of para-hydroxylation sites is 1. The summed E-state index contributed by atoms with van der Waals surface area (Å²) in [6.07, 6.45) is 5.00. The van der Waals surface area contributed by atoms with Gasteiger partial charge in [0.1, 0.15) is 5.75 Å². The Morgan fingerprint density at radius 3 is 3.00 bits per heavy atom. The number of nitrogens with one attached hydrogen (secondary N) is 1. The normalized spacial score (nSPS) is 9.14. The quantitative estimate of drug-likeness (QED) is 0.683. The van der Waals surface area contributed by atoms with Crippen LogP contribution in [-0.2, 0) is 0 Å². The molecule has 0 saturated heterocycles. The van der Waals surface area contributed by atoms with Gasteiger partial charge in [-0.2, -0.15) is 0 Å². The van der Waals surface area contributed by atoms with Crippen LogP contribution < -0.4 is 5.32 Å². The van der Waals surface area contributed by atoms with E-state index in [1.54, 1.807) is 25.1 Å². The molecule has 0 aliphatic heterocycles. The van der Waals surface area contributed by atoms with E-state index in [-0.39, 0.29) is 23.8 Å². The minimum atomic E-state index is -0.357. The van der Waals surface area contributed by atoms with Gasteiger partial charge < -0.3 is 10.4 Å². The fraction of sp³-hybridized carbons (Fsp3) is 0.182. The summed E-state index contributed by atoms with van der Waals surface area (Å²) < 4.78 is 0. The molecule has 0 spiro atoms. The molecule has 1 aromatic rings. The number of hydrogen-bond donors (Lipinski definition) is 2. The minimum absolute atomic E-state index is 0.00187. The van der Waals surface area contributed by atoms with Gasteiger partial charge in [-0.1, -0.05) is 18.1 Å². The number of phenols is 1. The zero-order chi connectivity index (χ0) is 10.6. The van der Waals surface area contributed by atoms with Crippen molar-refractivity contribution in [3.8, 4) is 18.1 Å². The lowest BCUT2D eigenvalue weighted by Gasteiger charge is -2.05. The Morgan fingerprint density at radius 2 is 2.36 bits per heavy atom. The lowest BCUT2D eigenvalue weighted by Crippen LogP contribution is -2.23. The number of amides is 1. The largest absolute Gasteiger partial charge is 0.507 e. The summed E-state index contributed by atoms with van der Waals surface area (Å²) in [5.74, 6) is 1.93. The highest BCUT2D eigenvalue weighted by molar-refractivity contribution is 5.97. The van der Waals surface area contributed by atoms with E-state index in [4.69, 9.17) is 6.42 Å². The van der Waals surface area contributed by atoms with Crippen LogP contribution in [0.15, 0.2) is 18.2 Å². The Morgan fingerprint density at radius 1 is 1.64 bits per heavy atom. The molecule has 1 amide bonds. The first-order valence-electron chi connectivity index (χ1n) is 4.17. The van der Waals surface area contributed by atoms with E-state index in [0.29, 0.717) is 5.56 Å². The fourth-order valence-electron chi connectivity index (χ4n) is 1.07. The van der Waals surface area contributed by atoms with Crippen molar-refractivity contribution >= 4 is 5.91 Å². The van der Waals surface area contributed by atoms with Crippen molar-refractivity contribution in [2.75, 3.05) is 6.54 Å². The molecule has 1 aromatic carbocycles. The summed E-state index contributed by atoms with van der Waals surface area (Å²) in [7, 11) is 0. The van der Waals surface area contributed by atoms with E-state index < -0.39 is 0 Å². The number of carbonyl (C=O) groups excluding carboxylic acids is 1. The van der Waals surface area contributed by atoms with Crippen LogP contribution in [0.1, 0.15) is 15.9 Å². The highest BCUT2D eigenvalue weighted by atomic mass is 16.3. The Kier molecular flexibility index (Phi) is 3.14. The van der Waals surface area contributed by atoms with Crippen molar-refractivity contribution < 1.29 is 9.90 Å². The second-order valence-electron chi connectivity index (χ2n) is 2.86. The number of rotatable bonds is 2. The molecule has 0 fully saturated rings. The van der Waals surface area contributed by atoms with Crippen molar-refractivity contribution in [1.82, 2.24) is 5.32 Å². The molecule has 1 rings (SSSR count). The topological polar surface area (TPSA) is 49.3 Å². The van der Waals surface area contributed by atoms with Gasteiger partial charge >= 0.3 is 0 Å². The maximum Gasteiger partial charge on any atom is 0.255 e. The molecule has 0 atom stereocenters. The van der Waals surface area contributed by atoms with Crippen LogP contribution in [0.4, 0.5) is 0 Å². The predicted octanol–water partition coefficient (Wildman–Crippen LogP) is 1.06. The van der Waals surface area contributed by atoms with Gasteiger partial charge in [0.15, 0.2) is 0 Å². The Balaban J connectivity index is 2.91. The highest BCUT2D eigenvalue weighted by Gasteiger charge is 2.10. The predicted molar refractivity (Wildman–Crippen MR) is 54.0 cm³/mol. The van der Waals surface area contributed by atoms with Crippen LogP contribution >= 0.6 is 0 Å². The number of carbonyl (C=O) groups is 1. The summed E-state index contributed by atoms with van der Waals surface area (Å²) >= 11 is 0. The summed E-state index contributed by atoms with van der Waals surface area (Å²) in [4.78, 5) is 11.4. The maximum absolute atomic E-state index is 11.4.